The minimum Gasteiger partial charge on any atom is -0.497 e. The Hall–Kier alpha value is -0.953. The van der Waals surface area contributed by atoms with Crippen LogP contribution in [0.25, 0.3) is 0 Å². The van der Waals surface area contributed by atoms with Gasteiger partial charge in [-0.3, -0.25) is 0 Å². The van der Waals surface area contributed by atoms with E-state index in [1.165, 1.54) is 0 Å². The Morgan fingerprint density at radius 3 is 2.33 bits per heavy atom. The van der Waals surface area contributed by atoms with E-state index in [0.29, 0.717) is 5.88 Å². The molecule has 1 aromatic carbocycles. The number of hydrogen-bond acceptors (Lipinski definition) is 2. The number of rotatable bonds is 6. The fourth-order valence-corrected chi connectivity index (χ4v) is 4.14. The number of ether oxygens (including phenoxy) is 1. The summed E-state index contributed by atoms with van der Waals surface area (Å²) in [5.74, 6) is 8.19. The summed E-state index contributed by atoms with van der Waals surface area (Å²) in [6.07, 6.45) is 1.78. The Bertz CT molecular complexity index is 484. The van der Waals surface area contributed by atoms with Crippen LogP contribution in [0.3, 0.4) is 0 Å². The van der Waals surface area contributed by atoms with Gasteiger partial charge in [0.25, 0.3) is 0 Å². The molecule has 0 aliphatic heterocycles. The van der Waals surface area contributed by atoms with Gasteiger partial charge in [0.2, 0.25) is 0 Å². The van der Waals surface area contributed by atoms with E-state index in [0.717, 1.165) is 24.2 Å². The van der Waals surface area contributed by atoms with Crippen LogP contribution in [0.5, 0.6) is 5.75 Å². The van der Waals surface area contributed by atoms with Crippen LogP contribution in [0.1, 0.15) is 24.4 Å². The van der Waals surface area contributed by atoms with E-state index in [2.05, 4.69) is 31.5 Å². The molecule has 1 aromatic rings. The zero-order valence-electron chi connectivity index (χ0n) is 13.4. The van der Waals surface area contributed by atoms with Crippen LogP contribution in [0.4, 0.5) is 0 Å². The van der Waals surface area contributed by atoms with Gasteiger partial charge in [-0.05, 0) is 24.1 Å². The lowest BCUT2D eigenvalue weighted by molar-refractivity contribution is 0.414. The van der Waals surface area contributed by atoms with Crippen LogP contribution < -0.4 is 10.5 Å². The van der Waals surface area contributed by atoms with Crippen molar-refractivity contribution >= 4 is 19.7 Å². The molecule has 0 saturated carbocycles. The van der Waals surface area contributed by atoms with Gasteiger partial charge < -0.3 is 10.5 Å². The average Bonchev–Trinajstić information content (AvgIpc) is 2.45. The average molecular weight is 324 g/mol. The molecule has 2 atom stereocenters. The maximum absolute atomic E-state index is 6.50. The maximum Gasteiger partial charge on any atom is 0.118 e. The molecule has 4 heteroatoms. The van der Waals surface area contributed by atoms with E-state index in [9.17, 15) is 0 Å². The van der Waals surface area contributed by atoms with Gasteiger partial charge >= 0.3 is 0 Å². The summed E-state index contributed by atoms with van der Waals surface area (Å²) in [4.78, 5) is 0. The SMILES string of the molecule is COc1ccc([C@H](N)[C@H](C#CCCCCl)[Si](C)(C)C)cc1. The Balaban J connectivity index is 2.92. The first-order chi connectivity index (χ1) is 9.90. The van der Waals surface area contributed by atoms with Crippen LogP contribution >= 0.6 is 11.6 Å². The van der Waals surface area contributed by atoms with Crippen LogP contribution in [-0.4, -0.2) is 21.1 Å². The number of methoxy groups -OCH3 is 1. The van der Waals surface area contributed by atoms with Crippen LogP contribution in [0.15, 0.2) is 24.3 Å². The lowest BCUT2D eigenvalue weighted by Crippen LogP contribution is -2.35. The molecule has 0 spiro atoms. The van der Waals surface area contributed by atoms with Crippen molar-refractivity contribution in [3.8, 4) is 17.6 Å². The second-order valence-electron chi connectivity index (χ2n) is 6.26. The van der Waals surface area contributed by atoms with Crippen molar-refractivity contribution in [2.24, 2.45) is 5.73 Å². The largest absolute Gasteiger partial charge is 0.497 e. The van der Waals surface area contributed by atoms with Gasteiger partial charge in [-0.25, -0.2) is 0 Å². The third kappa shape index (κ3) is 5.74. The molecule has 2 nitrogen and oxygen atoms in total. The monoisotopic (exact) mass is 323 g/mol. The Labute approximate surface area is 135 Å². The summed E-state index contributed by atoms with van der Waals surface area (Å²) < 4.78 is 5.20. The summed E-state index contributed by atoms with van der Waals surface area (Å²) in [6.45, 7) is 6.95. The first kappa shape index (κ1) is 18.1. The van der Waals surface area contributed by atoms with E-state index < -0.39 is 8.07 Å². The molecule has 0 unspecified atom stereocenters. The van der Waals surface area contributed by atoms with Gasteiger partial charge in [-0.1, -0.05) is 31.8 Å². The fraction of sp³-hybridized carbons (Fsp3) is 0.529. The molecule has 0 saturated heterocycles. The first-order valence-electron chi connectivity index (χ1n) is 7.34. The minimum atomic E-state index is -1.48. The predicted molar refractivity (Wildman–Crippen MR) is 94.7 cm³/mol. The molecule has 0 bridgehead atoms. The Morgan fingerprint density at radius 1 is 1.24 bits per heavy atom. The highest BCUT2D eigenvalue weighted by Gasteiger charge is 2.31. The smallest absolute Gasteiger partial charge is 0.118 e. The standard InChI is InChI=1S/C17H26ClNOSi/c1-20-15-11-9-14(10-12-15)17(19)16(21(2,3)4)8-6-5-7-13-18/h9-12,16-17H,5,7,13,19H2,1-4H3/t16-,17-/m0/s1. The van der Waals surface area contributed by atoms with Gasteiger partial charge in [-0.2, -0.15) is 0 Å². The minimum absolute atomic E-state index is 0.0499. The third-order valence-corrected chi connectivity index (χ3v) is 6.12. The first-order valence-corrected chi connectivity index (χ1v) is 11.4. The lowest BCUT2D eigenvalue weighted by Gasteiger charge is -2.30. The van der Waals surface area contributed by atoms with Crippen LogP contribution in [0.2, 0.25) is 25.2 Å². The molecule has 1 rings (SSSR count). The molecule has 0 aliphatic rings. The number of benzene rings is 1. The molecule has 21 heavy (non-hydrogen) atoms. The molecular formula is C17H26ClNOSi. The molecule has 116 valence electrons. The summed E-state index contributed by atoms with van der Waals surface area (Å²) in [5, 5.41) is 0. The summed E-state index contributed by atoms with van der Waals surface area (Å²) in [5.41, 5.74) is 7.85. The highest BCUT2D eigenvalue weighted by molar-refractivity contribution is 6.78. The van der Waals surface area contributed by atoms with Gasteiger partial charge in [0, 0.05) is 23.9 Å². The van der Waals surface area contributed by atoms with Crippen molar-refractivity contribution in [1.82, 2.24) is 0 Å². The summed E-state index contributed by atoms with van der Waals surface area (Å²) >= 11 is 5.70. The molecule has 0 amide bonds. The van der Waals surface area contributed by atoms with Crippen molar-refractivity contribution in [2.45, 2.75) is 44.1 Å². The van der Waals surface area contributed by atoms with Crippen molar-refractivity contribution < 1.29 is 4.74 Å². The fourth-order valence-electron chi connectivity index (χ4n) is 2.20. The molecule has 2 N–H and O–H groups in total. The van der Waals surface area contributed by atoms with E-state index >= 15 is 0 Å². The lowest BCUT2D eigenvalue weighted by atomic mass is 10.0. The second-order valence-corrected chi connectivity index (χ2v) is 12.0. The highest BCUT2D eigenvalue weighted by Crippen LogP contribution is 2.33. The van der Waals surface area contributed by atoms with Gasteiger partial charge in [0.1, 0.15) is 5.75 Å². The Kier molecular flexibility index (Phi) is 7.31. The molecular weight excluding hydrogens is 298 g/mol. The van der Waals surface area contributed by atoms with Crippen LogP contribution in [-0.2, 0) is 0 Å². The quantitative estimate of drug-likeness (QED) is 0.364. The van der Waals surface area contributed by atoms with Crippen molar-refractivity contribution in [2.75, 3.05) is 13.0 Å². The van der Waals surface area contributed by atoms with Gasteiger partial charge in [0.05, 0.1) is 15.2 Å². The second kappa shape index (κ2) is 8.48. The summed E-state index contributed by atoms with van der Waals surface area (Å²) in [7, 11) is 0.191. The van der Waals surface area contributed by atoms with Crippen molar-refractivity contribution in [3.63, 3.8) is 0 Å². The summed E-state index contributed by atoms with van der Waals surface area (Å²) in [6, 6.07) is 7.94. The predicted octanol–water partition coefficient (Wildman–Crippen LogP) is 4.43. The Morgan fingerprint density at radius 2 is 1.86 bits per heavy atom. The van der Waals surface area contributed by atoms with Crippen molar-refractivity contribution in [1.29, 1.82) is 0 Å². The van der Waals surface area contributed by atoms with Gasteiger partial charge in [-0.15, -0.1) is 23.4 Å². The van der Waals surface area contributed by atoms with E-state index in [-0.39, 0.29) is 11.6 Å². The molecule has 0 radical (unpaired) electrons. The number of hydrogen-bond donors (Lipinski definition) is 1. The van der Waals surface area contributed by atoms with Crippen LogP contribution in [0, 0.1) is 11.8 Å². The zero-order valence-corrected chi connectivity index (χ0v) is 15.2. The molecule has 0 aromatic heterocycles. The normalized spacial score (nSPS) is 14.0. The number of unbranched alkanes of at least 4 members (excludes halogenated alkanes) is 1. The maximum atomic E-state index is 6.50. The molecule has 0 heterocycles. The van der Waals surface area contributed by atoms with E-state index in [4.69, 9.17) is 22.1 Å². The van der Waals surface area contributed by atoms with Gasteiger partial charge in [0.15, 0.2) is 0 Å². The van der Waals surface area contributed by atoms with E-state index in [1.807, 2.05) is 24.3 Å². The number of nitrogens with two attached hydrogens (primary N) is 1. The third-order valence-electron chi connectivity index (χ3n) is 3.49. The van der Waals surface area contributed by atoms with Crippen molar-refractivity contribution in [3.05, 3.63) is 29.8 Å². The zero-order chi connectivity index (χ0) is 15.9. The number of alkyl halides is 1. The number of halogens is 1. The van der Waals surface area contributed by atoms with E-state index in [1.54, 1.807) is 7.11 Å². The topological polar surface area (TPSA) is 35.2 Å². The molecule has 0 fully saturated rings. The molecule has 0 aliphatic carbocycles. The highest BCUT2D eigenvalue weighted by atomic mass is 35.5.